The number of imidazole rings is 1. The van der Waals surface area contributed by atoms with Crippen molar-refractivity contribution in [3.8, 4) is 11.3 Å². The average Bonchev–Trinajstić information content (AvgIpc) is 3.22. The van der Waals surface area contributed by atoms with Gasteiger partial charge in [-0.1, -0.05) is 63.6 Å². The van der Waals surface area contributed by atoms with Gasteiger partial charge in [-0.3, -0.25) is 4.40 Å². The second kappa shape index (κ2) is 7.21. The van der Waals surface area contributed by atoms with Crippen molar-refractivity contribution in [1.82, 2.24) is 9.38 Å². The number of oxime groups is 1. The van der Waals surface area contributed by atoms with Crippen molar-refractivity contribution in [1.29, 1.82) is 0 Å². The first-order valence-electron chi connectivity index (χ1n) is 7.72. The average molecular weight is 412 g/mol. The minimum Gasteiger partial charge on any atom is -0.391 e. The molecule has 0 radical (unpaired) electrons. The number of nitrogens with zero attached hydrogens (tertiary/aromatic N) is 3. The summed E-state index contributed by atoms with van der Waals surface area (Å²) in [4.78, 5) is 11.1. The summed E-state index contributed by atoms with van der Waals surface area (Å²) in [6.07, 6.45) is 3.72. The molecule has 2 aromatic carbocycles. The van der Waals surface area contributed by atoms with Crippen LogP contribution in [0.15, 0.2) is 75.8 Å². The molecule has 0 N–H and O–H groups in total. The number of hydrogen-bond acceptors (Lipinski definition) is 4. The molecule has 124 valence electrons. The van der Waals surface area contributed by atoms with Crippen LogP contribution < -0.4 is 0 Å². The van der Waals surface area contributed by atoms with E-state index < -0.39 is 0 Å². The van der Waals surface area contributed by atoms with Gasteiger partial charge in [-0.05, 0) is 17.7 Å². The molecule has 0 spiro atoms. The van der Waals surface area contributed by atoms with Gasteiger partial charge in [0.15, 0.2) is 4.96 Å². The Bertz CT molecular complexity index is 1010. The van der Waals surface area contributed by atoms with Crippen molar-refractivity contribution < 1.29 is 4.84 Å². The van der Waals surface area contributed by atoms with Gasteiger partial charge in [0.25, 0.3) is 0 Å². The number of aromatic nitrogens is 2. The molecule has 2 heterocycles. The van der Waals surface area contributed by atoms with Crippen molar-refractivity contribution in [2.75, 3.05) is 0 Å². The zero-order valence-corrected chi connectivity index (χ0v) is 15.6. The lowest BCUT2D eigenvalue weighted by Crippen LogP contribution is -1.93. The van der Waals surface area contributed by atoms with Crippen LogP contribution >= 0.6 is 27.3 Å². The maximum Gasteiger partial charge on any atom is 0.194 e. The van der Waals surface area contributed by atoms with Gasteiger partial charge in [0.2, 0.25) is 0 Å². The lowest BCUT2D eigenvalue weighted by Gasteiger charge is -2.01. The Morgan fingerprint density at radius 2 is 1.92 bits per heavy atom. The molecule has 2 aromatic heterocycles. The first kappa shape index (κ1) is 16.1. The Morgan fingerprint density at radius 1 is 1.12 bits per heavy atom. The van der Waals surface area contributed by atoms with Gasteiger partial charge in [-0.25, -0.2) is 4.98 Å². The predicted molar refractivity (Wildman–Crippen MR) is 105 cm³/mol. The molecule has 0 unspecified atom stereocenters. The fourth-order valence-electron chi connectivity index (χ4n) is 2.52. The predicted octanol–water partition coefficient (Wildman–Crippen LogP) is 5.38. The summed E-state index contributed by atoms with van der Waals surface area (Å²) in [6, 6.07) is 18.1. The molecule has 0 aliphatic heterocycles. The molecule has 4 rings (SSSR count). The Kier molecular flexibility index (Phi) is 4.63. The van der Waals surface area contributed by atoms with Gasteiger partial charge in [0.1, 0.15) is 6.61 Å². The van der Waals surface area contributed by atoms with Gasteiger partial charge in [-0.2, -0.15) is 0 Å². The second-order valence-electron chi connectivity index (χ2n) is 5.40. The summed E-state index contributed by atoms with van der Waals surface area (Å²) in [5.74, 6) is 0. The minimum atomic E-state index is 0.441. The molecule has 0 bridgehead atoms. The van der Waals surface area contributed by atoms with E-state index >= 15 is 0 Å². The monoisotopic (exact) mass is 411 g/mol. The van der Waals surface area contributed by atoms with Crippen molar-refractivity contribution in [3.63, 3.8) is 0 Å². The van der Waals surface area contributed by atoms with E-state index in [1.807, 2.05) is 70.6 Å². The highest BCUT2D eigenvalue weighted by Crippen LogP contribution is 2.26. The number of hydrogen-bond donors (Lipinski definition) is 0. The molecule has 0 atom stereocenters. The van der Waals surface area contributed by atoms with E-state index in [1.165, 1.54) is 0 Å². The topological polar surface area (TPSA) is 38.9 Å². The zero-order valence-electron chi connectivity index (χ0n) is 13.2. The smallest absolute Gasteiger partial charge is 0.194 e. The third kappa shape index (κ3) is 3.50. The van der Waals surface area contributed by atoms with Crippen LogP contribution in [0.2, 0.25) is 0 Å². The zero-order chi connectivity index (χ0) is 17.1. The number of thiazole rings is 1. The van der Waals surface area contributed by atoms with Crippen molar-refractivity contribution in [2.45, 2.75) is 6.61 Å². The van der Waals surface area contributed by atoms with Gasteiger partial charge in [-0.15, -0.1) is 11.3 Å². The number of fused-ring (bicyclic) bond motifs is 1. The van der Waals surface area contributed by atoms with E-state index in [-0.39, 0.29) is 0 Å². The fraction of sp³-hybridized carbons (Fsp3) is 0.0526. The lowest BCUT2D eigenvalue weighted by molar-refractivity contribution is 0.132. The van der Waals surface area contributed by atoms with E-state index in [1.54, 1.807) is 17.6 Å². The van der Waals surface area contributed by atoms with Crippen LogP contribution in [0.25, 0.3) is 16.2 Å². The molecule has 0 aliphatic rings. The van der Waals surface area contributed by atoms with Crippen LogP contribution in [0, 0.1) is 0 Å². The summed E-state index contributed by atoms with van der Waals surface area (Å²) in [7, 11) is 0. The Hall–Kier alpha value is -2.44. The first-order valence-corrected chi connectivity index (χ1v) is 9.39. The Balaban J connectivity index is 1.61. The minimum absolute atomic E-state index is 0.441. The van der Waals surface area contributed by atoms with Crippen molar-refractivity contribution >= 4 is 38.4 Å². The molecule has 0 fully saturated rings. The molecule has 0 amide bonds. The van der Waals surface area contributed by atoms with Gasteiger partial charge < -0.3 is 4.84 Å². The Morgan fingerprint density at radius 3 is 2.72 bits per heavy atom. The van der Waals surface area contributed by atoms with E-state index in [2.05, 4.69) is 21.1 Å². The second-order valence-corrected chi connectivity index (χ2v) is 7.19. The lowest BCUT2D eigenvalue weighted by atomic mass is 10.1. The molecule has 0 aliphatic carbocycles. The molecule has 6 heteroatoms. The summed E-state index contributed by atoms with van der Waals surface area (Å²) in [5.41, 5.74) is 3.93. The highest BCUT2D eigenvalue weighted by molar-refractivity contribution is 9.10. The van der Waals surface area contributed by atoms with Crippen LogP contribution in [-0.2, 0) is 11.4 Å². The Labute approximate surface area is 157 Å². The SMILES string of the molecule is Brc1ccc(-c2nc3sccn3c2/C=N\OCc2ccccc2)cc1. The van der Waals surface area contributed by atoms with Gasteiger partial charge in [0, 0.05) is 21.6 Å². The quantitative estimate of drug-likeness (QED) is 0.326. The first-order chi connectivity index (χ1) is 12.3. The third-order valence-corrected chi connectivity index (χ3v) is 5.03. The van der Waals surface area contributed by atoms with Gasteiger partial charge in [0.05, 0.1) is 17.6 Å². The summed E-state index contributed by atoms with van der Waals surface area (Å²) in [5, 5.41) is 6.16. The molecule has 0 saturated carbocycles. The van der Waals surface area contributed by atoms with Crippen LogP contribution in [-0.4, -0.2) is 15.6 Å². The highest BCUT2D eigenvalue weighted by Gasteiger charge is 2.13. The van der Waals surface area contributed by atoms with Crippen LogP contribution in [0.5, 0.6) is 0 Å². The molecule has 25 heavy (non-hydrogen) atoms. The maximum absolute atomic E-state index is 5.45. The normalized spacial score (nSPS) is 11.4. The number of rotatable bonds is 5. The molecule has 4 nitrogen and oxygen atoms in total. The molecular weight excluding hydrogens is 398 g/mol. The van der Waals surface area contributed by atoms with E-state index in [0.29, 0.717) is 6.61 Å². The third-order valence-electron chi connectivity index (χ3n) is 3.74. The highest BCUT2D eigenvalue weighted by atomic mass is 79.9. The van der Waals surface area contributed by atoms with Crippen molar-refractivity contribution in [2.24, 2.45) is 5.16 Å². The van der Waals surface area contributed by atoms with Crippen molar-refractivity contribution in [3.05, 3.63) is 81.9 Å². The van der Waals surface area contributed by atoms with Crippen LogP contribution in [0.3, 0.4) is 0 Å². The molecular formula is C19H14BrN3OS. The largest absolute Gasteiger partial charge is 0.391 e. The molecule has 0 saturated heterocycles. The number of halogens is 1. The molecule has 4 aromatic rings. The number of benzene rings is 2. The van der Waals surface area contributed by atoms with E-state index in [0.717, 1.165) is 31.9 Å². The standard InChI is InChI=1S/C19H14BrN3OS/c20-16-8-6-15(7-9-16)18-17(23-10-11-25-19(23)22-18)12-21-24-13-14-4-2-1-3-5-14/h1-12H,13H2/b21-12-. The van der Waals surface area contributed by atoms with E-state index in [9.17, 15) is 0 Å². The maximum atomic E-state index is 5.45. The summed E-state index contributed by atoms with van der Waals surface area (Å²) < 4.78 is 3.07. The fourth-order valence-corrected chi connectivity index (χ4v) is 3.51. The van der Waals surface area contributed by atoms with E-state index in [4.69, 9.17) is 9.82 Å². The summed E-state index contributed by atoms with van der Waals surface area (Å²) in [6.45, 7) is 0.441. The van der Waals surface area contributed by atoms with Crippen LogP contribution in [0.4, 0.5) is 0 Å². The van der Waals surface area contributed by atoms with Gasteiger partial charge >= 0.3 is 0 Å². The summed E-state index contributed by atoms with van der Waals surface area (Å²) >= 11 is 5.06. The van der Waals surface area contributed by atoms with Crippen LogP contribution in [0.1, 0.15) is 11.3 Å².